The number of halogens is 1. The van der Waals surface area contributed by atoms with Gasteiger partial charge in [0.05, 0.1) is 18.9 Å². The molecule has 1 unspecified atom stereocenters. The molecule has 0 aliphatic heterocycles. The van der Waals surface area contributed by atoms with Gasteiger partial charge in [0.2, 0.25) is 0 Å². The van der Waals surface area contributed by atoms with Crippen LogP contribution in [0.1, 0.15) is 37.6 Å². The van der Waals surface area contributed by atoms with Gasteiger partial charge in [-0.25, -0.2) is 4.39 Å². The fourth-order valence-corrected chi connectivity index (χ4v) is 3.16. The Balaban J connectivity index is 2.14. The Morgan fingerprint density at radius 3 is 2.81 bits per heavy atom. The zero-order valence-electron chi connectivity index (χ0n) is 12.6. The molecule has 1 aliphatic carbocycles. The largest absolute Gasteiger partial charge is 0.497 e. The number of aliphatic hydroxyl groups excluding tert-OH is 1. The highest BCUT2D eigenvalue weighted by Crippen LogP contribution is 2.42. The van der Waals surface area contributed by atoms with Crippen molar-refractivity contribution in [3.63, 3.8) is 0 Å². The third kappa shape index (κ3) is 2.44. The third-order valence-electron chi connectivity index (χ3n) is 4.19. The summed E-state index contributed by atoms with van der Waals surface area (Å²) in [6, 6.07) is 6.58. The number of aliphatic hydroxyl groups is 1. The molecule has 3 nitrogen and oxygen atoms in total. The van der Waals surface area contributed by atoms with Crippen LogP contribution in [0.3, 0.4) is 0 Å². The van der Waals surface area contributed by atoms with E-state index in [1.807, 2.05) is 16.8 Å². The Kier molecular flexibility index (Phi) is 3.29. The first-order valence-electron chi connectivity index (χ1n) is 7.13. The summed E-state index contributed by atoms with van der Waals surface area (Å²) in [4.78, 5) is 0. The molecule has 112 valence electrons. The second-order valence-electron chi connectivity index (χ2n) is 6.47. The maximum Gasteiger partial charge on any atom is 0.147 e. The molecule has 1 aliphatic rings. The number of rotatable bonds is 2. The maximum absolute atomic E-state index is 14.2. The highest BCUT2D eigenvalue weighted by Gasteiger charge is 2.33. The van der Waals surface area contributed by atoms with E-state index in [1.165, 1.54) is 6.07 Å². The highest BCUT2D eigenvalue weighted by molar-refractivity contribution is 5.45. The van der Waals surface area contributed by atoms with Crippen molar-refractivity contribution in [2.24, 2.45) is 5.41 Å². The molecule has 3 rings (SSSR count). The molecule has 0 bridgehead atoms. The van der Waals surface area contributed by atoms with Crippen molar-refractivity contribution in [1.82, 2.24) is 4.57 Å². The lowest BCUT2D eigenvalue weighted by Gasteiger charge is -2.34. The molecule has 0 saturated heterocycles. The SMILES string of the molecule is COc1ccc(F)c(-n2ccc3c2CC(C)(C)CC3O)c1. The fraction of sp³-hybridized carbons (Fsp3) is 0.412. The first-order chi connectivity index (χ1) is 9.91. The van der Waals surface area contributed by atoms with Crippen molar-refractivity contribution in [3.8, 4) is 11.4 Å². The van der Waals surface area contributed by atoms with E-state index in [1.54, 1.807) is 19.2 Å². The number of hydrogen-bond donors (Lipinski definition) is 1. The molecule has 4 heteroatoms. The minimum absolute atomic E-state index is 0.00212. The number of aromatic nitrogens is 1. The van der Waals surface area contributed by atoms with Crippen LogP contribution in [0.15, 0.2) is 30.5 Å². The van der Waals surface area contributed by atoms with Crippen molar-refractivity contribution in [2.45, 2.75) is 32.8 Å². The van der Waals surface area contributed by atoms with Crippen molar-refractivity contribution in [3.05, 3.63) is 47.5 Å². The summed E-state index contributed by atoms with van der Waals surface area (Å²) < 4.78 is 21.2. The van der Waals surface area contributed by atoms with Gasteiger partial charge in [-0.15, -0.1) is 0 Å². The summed E-state index contributed by atoms with van der Waals surface area (Å²) in [6.07, 6.45) is 2.87. The monoisotopic (exact) mass is 289 g/mol. The van der Waals surface area contributed by atoms with Crippen LogP contribution >= 0.6 is 0 Å². The average Bonchev–Trinajstić information content (AvgIpc) is 2.81. The number of methoxy groups -OCH3 is 1. The van der Waals surface area contributed by atoms with Gasteiger partial charge in [-0.3, -0.25) is 0 Å². The van der Waals surface area contributed by atoms with Gasteiger partial charge in [0, 0.05) is 23.5 Å². The maximum atomic E-state index is 14.2. The molecule has 1 aromatic heterocycles. The quantitative estimate of drug-likeness (QED) is 0.916. The molecule has 1 N–H and O–H groups in total. The molecular weight excluding hydrogens is 269 g/mol. The summed E-state index contributed by atoms with van der Waals surface area (Å²) >= 11 is 0. The summed E-state index contributed by atoms with van der Waals surface area (Å²) in [5, 5.41) is 10.3. The van der Waals surface area contributed by atoms with E-state index in [0.717, 1.165) is 24.1 Å². The van der Waals surface area contributed by atoms with E-state index in [-0.39, 0.29) is 11.2 Å². The predicted molar refractivity (Wildman–Crippen MR) is 79.3 cm³/mol. The Morgan fingerprint density at radius 1 is 1.33 bits per heavy atom. The minimum Gasteiger partial charge on any atom is -0.497 e. The Morgan fingerprint density at radius 2 is 2.10 bits per heavy atom. The van der Waals surface area contributed by atoms with E-state index >= 15 is 0 Å². The fourth-order valence-electron chi connectivity index (χ4n) is 3.16. The number of nitrogens with zero attached hydrogens (tertiary/aromatic N) is 1. The van der Waals surface area contributed by atoms with Gasteiger partial charge in [-0.2, -0.15) is 0 Å². The molecule has 0 saturated carbocycles. The van der Waals surface area contributed by atoms with Crippen LogP contribution in [-0.2, 0) is 6.42 Å². The van der Waals surface area contributed by atoms with Crippen LogP contribution in [0.25, 0.3) is 5.69 Å². The predicted octanol–water partition coefficient (Wildman–Crippen LogP) is 3.63. The first-order valence-corrected chi connectivity index (χ1v) is 7.13. The number of ether oxygens (including phenoxy) is 1. The molecule has 2 aromatic rings. The Labute approximate surface area is 124 Å². The lowest BCUT2D eigenvalue weighted by molar-refractivity contribution is 0.0986. The molecule has 1 aromatic carbocycles. The number of fused-ring (bicyclic) bond motifs is 1. The van der Waals surface area contributed by atoms with Gasteiger partial charge in [0.1, 0.15) is 11.6 Å². The van der Waals surface area contributed by atoms with Gasteiger partial charge in [-0.1, -0.05) is 13.8 Å². The molecule has 1 atom stereocenters. The van der Waals surface area contributed by atoms with E-state index in [4.69, 9.17) is 4.74 Å². The number of benzene rings is 1. The van der Waals surface area contributed by atoms with E-state index in [9.17, 15) is 9.50 Å². The van der Waals surface area contributed by atoms with Crippen molar-refractivity contribution in [1.29, 1.82) is 0 Å². The van der Waals surface area contributed by atoms with Crippen LogP contribution in [0.5, 0.6) is 5.75 Å². The molecule has 0 fully saturated rings. The van der Waals surface area contributed by atoms with Crippen molar-refractivity contribution in [2.75, 3.05) is 7.11 Å². The second-order valence-corrected chi connectivity index (χ2v) is 6.47. The first kappa shape index (κ1) is 14.1. The molecule has 0 radical (unpaired) electrons. The molecule has 0 spiro atoms. The van der Waals surface area contributed by atoms with Crippen LogP contribution in [0.2, 0.25) is 0 Å². The van der Waals surface area contributed by atoms with Crippen LogP contribution in [0, 0.1) is 11.2 Å². The molecule has 0 amide bonds. The molecule has 1 heterocycles. The van der Waals surface area contributed by atoms with Gasteiger partial charge < -0.3 is 14.4 Å². The van der Waals surface area contributed by atoms with Gasteiger partial charge in [0.15, 0.2) is 0 Å². The van der Waals surface area contributed by atoms with E-state index in [0.29, 0.717) is 11.4 Å². The van der Waals surface area contributed by atoms with Crippen LogP contribution in [0.4, 0.5) is 4.39 Å². The normalized spacial score (nSPS) is 20.1. The topological polar surface area (TPSA) is 34.4 Å². The summed E-state index contributed by atoms with van der Waals surface area (Å²) in [6.45, 7) is 4.25. The van der Waals surface area contributed by atoms with Crippen molar-refractivity contribution >= 4 is 0 Å². The highest BCUT2D eigenvalue weighted by atomic mass is 19.1. The van der Waals surface area contributed by atoms with Crippen LogP contribution in [-0.4, -0.2) is 16.8 Å². The lowest BCUT2D eigenvalue weighted by Crippen LogP contribution is -2.26. The lowest BCUT2D eigenvalue weighted by atomic mass is 9.75. The van der Waals surface area contributed by atoms with Gasteiger partial charge in [0.25, 0.3) is 0 Å². The summed E-state index contributed by atoms with van der Waals surface area (Å²) in [5.74, 6) is 0.316. The summed E-state index contributed by atoms with van der Waals surface area (Å²) in [7, 11) is 1.56. The third-order valence-corrected chi connectivity index (χ3v) is 4.19. The molecular formula is C17H20FNO2. The van der Waals surface area contributed by atoms with Crippen molar-refractivity contribution < 1.29 is 14.2 Å². The standard InChI is InChI=1S/C17H20FNO2/c1-17(2)9-15-12(16(20)10-17)6-7-19(15)14-8-11(21-3)4-5-13(14)18/h4-8,16,20H,9-10H2,1-3H3. The summed E-state index contributed by atoms with van der Waals surface area (Å²) in [5.41, 5.74) is 2.33. The number of hydrogen-bond acceptors (Lipinski definition) is 2. The average molecular weight is 289 g/mol. The zero-order chi connectivity index (χ0) is 15.2. The Bertz CT molecular complexity index is 675. The smallest absolute Gasteiger partial charge is 0.147 e. The molecule has 21 heavy (non-hydrogen) atoms. The van der Waals surface area contributed by atoms with Gasteiger partial charge in [-0.05, 0) is 36.5 Å². The van der Waals surface area contributed by atoms with E-state index in [2.05, 4.69) is 13.8 Å². The van der Waals surface area contributed by atoms with Crippen LogP contribution < -0.4 is 4.74 Å². The Hall–Kier alpha value is -1.81. The second kappa shape index (κ2) is 4.88. The zero-order valence-corrected chi connectivity index (χ0v) is 12.6. The van der Waals surface area contributed by atoms with E-state index < -0.39 is 6.10 Å². The minimum atomic E-state index is -0.487. The van der Waals surface area contributed by atoms with Gasteiger partial charge >= 0.3 is 0 Å².